The highest BCUT2D eigenvalue weighted by atomic mass is 16.6. The smallest absolute Gasteiger partial charge is 0.169 e. The zero-order valence-corrected chi connectivity index (χ0v) is 6.77. The molecule has 2 N–H and O–H groups in total. The number of carbonyl (C=O) groups excluding carboxylic acids is 1. The normalized spacial score (nSPS) is 36.9. The van der Waals surface area contributed by atoms with Crippen LogP contribution in [-0.2, 0) is 14.3 Å². The Bertz CT molecular complexity index is 169. The number of Topliss-reactive ketones (excluding diaryl/α,β-unsaturated/α-hetero) is 1. The fourth-order valence-electron chi connectivity index (χ4n) is 1.24. The average Bonchev–Trinajstić information content (AvgIpc) is 2.03. The first kappa shape index (κ1) is 9.60. The standard InChI is InChI=1S/C7H12O5/c1-11-7-4(9)2-6(10)12-5(7)3-8/h5-8,10H,2-3H2,1H3/t5-,6-,7+/m1/s1. The third-order valence-corrected chi connectivity index (χ3v) is 1.80. The molecule has 0 radical (unpaired) electrons. The van der Waals surface area contributed by atoms with Gasteiger partial charge in [0, 0.05) is 7.11 Å². The van der Waals surface area contributed by atoms with E-state index in [1.165, 1.54) is 7.11 Å². The topological polar surface area (TPSA) is 76.0 Å². The second-order valence-electron chi connectivity index (χ2n) is 2.64. The number of ketones is 1. The van der Waals surface area contributed by atoms with E-state index in [4.69, 9.17) is 19.7 Å². The molecule has 3 atom stereocenters. The van der Waals surface area contributed by atoms with E-state index in [0.717, 1.165) is 0 Å². The van der Waals surface area contributed by atoms with Crippen molar-refractivity contribution in [1.29, 1.82) is 0 Å². The number of rotatable bonds is 2. The molecule has 1 saturated heterocycles. The van der Waals surface area contributed by atoms with E-state index in [9.17, 15) is 4.79 Å². The highest BCUT2D eigenvalue weighted by molar-refractivity contribution is 5.84. The van der Waals surface area contributed by atoms with E-state index in [-0.39, 0.29) is 18.8 Å². The fourth-order valence-corrected chi connectivity index (χ4v) is 1.24. The lowest BCUT2D eigenvalue weighted by Gasteiger charge is -2.30. The summed E-state index contributed by atoms with van der Waals surface area (Å²) in [6.07, 6.45) is -2.68. The number of aliphatic hydroxyl groups excluding tert-OH is 2. The van der Waals surface area contributed by atoms with Gasteiger partial charge < -0.3 is 19.7 Å². The van der Waals surface area contributed by atoms with Crippen LogP contribution in [0.1, 0.15) is 6.42 Å². The second kappa shape index (κ2) is 3.95. The lowest BCUT2D eigenvalue weighted by molar-refractivity contribution is -0.209. The number of methoxy groups -OCH3 is 1. The molecule has 5 nitrogen and oxygen atoms in total. The first-order valence-electron chi connectivity index (χ1n) is 3.69. The van der Waals surface area contributed by atoms with Gasteiger partial charge in [-0.15, -0.1) is 0 Å². The predicted octanol–water partition coefficient (Wildman–Crippen LogP) is -1.33. The van der Waals surface area contributed by atoms with Crippen molar-refractivity contribution >= 4 is 5.78 Å². The molecule has 0 bridgehead atoms. The quantitative estimate of drug-likeness (QED) is 0.545. The molecule has 1 aliphatic rings. The Balaban J connectivity index is 2.63. The predicted molar refractivity (Wildman–Crippen MR) is 38.4 cm³/mol. The van der Waals surface area contributed by atoms with Gasteiger partial charge in [-0.25, -0.2) is 0 Å². The summed E-state index contributed by atoms with van der Waals surface area (Å²) in [7, 11) is 1.37. The molecule has 5 heteroatoms. The van der Waals surface area contributed by atoms with Gasteiger partial charge in [-0.2, -0.15) is 0 Å². The molecule has 1 aliphatic heterocycles. The zero-order valence-electron chi connectivity index (χ0n) is 6.77. The van der Waals surface area contributed by atoms with Crippen LogP contribution < -0.4 is 0 Å². The summed E-state index contributed by atoms with van der Waals surface area (Å²) in [4.78, 5) is 11.1. The summed E-state index contributed by atoms with van der Waals surface area (Å²) in [5.41, 5.74) is 0. The van der Waals surface area contributed by atoms with E-state index < -0.39 is 18.5 Å². The molecule has 0 aromatic rings. The Hall–Kier alpha value is -0.490. The maximum atomic E-state index is 11.1. The SMILES string of the molecule is CO[C@H]1C(=O)C[C@H](O)O[C@@H]1CO. The van der Waals surface area contributed by atoms with Crippen LogP contribution in [0.4, 0.5) is 0 Å². The summed E-state index contributed by atoms with van der Waals surface area (Å²) in [6.45, 7) is -0.332. The number of hydrogen-bond acceptors (Lipinski definition) is 5. The van der Waals surface area contributed by atoms with Gasteiger partial charge in [0.2, 0.25) is 0 Å². The fraction of sp³-hybridized carbons (Fsp3) is 0.857. The Labute approximate surface area is 69.9 Å². The molecule has 12 heavy (non-hydrogen) atoms. The van der Waals surface area contributed by atoms with Crippen LogP contribution in [0.25, 0.3) is 0 Å². The molecule has 70 valence electrons. The number of carbonyl (C=O) groups is 1. The van der Waals surface area contributed by atoms with Gasteiger partial charge in [0.15, 0.2) is 12.1 Å². The summed E-state index contributed by atoms with van der Waals surface area (Å²) in [5, 5.41) is 17.7. The van der Waals surface area contributed by atoms with Gasteiger partial charge in [-0.1, -0.05) is 0 Å². The minimum atomic E-state index is -1.11. The molecule has 0 spiro atoms. The minimum Gasteiger partial charge on any atom is -0.394 e. The van der Waals surface area contributed by atoms with Gasteiger partial charge in [0.1, 0.15) is 12.2 Å². The molecule has 1 rings (SSSR count). The maximum absolute atomic E-state index is 11.1. The average molecular weight is 176 g/mol. The number of aliphatic hydroxyl groups is 2. The van der Waals surface area contributed by atoms with E-state index in [1.54, 1.807) is 0 Å². The van der Waals surface area contributed by atoms with Gasteiger partial charge in [-0.05, 0) is 0 Å². The van der Waals surface area contributed by atoms with Gasteiger partial charge in [0.25, 0.3) is 0 Å². The Morgan fingerprint density at radius 1 is 1.75 bits per heavy atom. The summed E-state index contributed by atoms with van der Waals surface area (Å²) in [6, 6.07) is 0. The van der Waals surface area contributed by atoms with Crippen LogP contribution in [-0.4, -0.2) is 48.2 Å². The summed E-state index contributed by atoms with van der Waals surface area (Å²) < 4.78 is 9.68. The van der Waals surface area contributed by atoms with Crippen LogP contribution in [0, 0.1) is 0 Å². The third kappa shape index (κ3) is 1.81. The largest absolute Gasteiger partial charge is 0.394 e. The van der Waals surface area contributed by atoms with Gasteiger partial charge in [-0.3, -0.25) is 4.79 Å². The Kier molecular flexibility index (Phi) is 3.16. The first-order chi connectivity index (χ1) is 5.69. The number of hydrogen-bond donors (Lipinski definition) is 2. The van der Waals surface area contributed by atoms with E-state index >= 15 is 0 Å². The van der Waals surface area contributed by atoms with Crippen molar-refractivity contribution in [2.45, 2.75) is 24.9 Å². The maximum Gasteiger partial charge on any atom is 0.169 e. The molecule has 0 aromatic heterocycles. The van der Waals surface area contributed by atoms with Crippen molar-refractivity contribution < 1.29 is 24.5 Å². The van der Waals surface area contributed by atoms with Crippen molar-refractivity contribution in [2.24, 2.45) is 0 Å². The highest BCUT2D eigenvalue weighted by Gasteiger charge is 2.36. The zero-order chi connectivity index (χ0) is 9.14. The van der Waals surface area contributed by atoms with Crippen molar-refractivity contribution in [2.75, 3.05) is 13.7 Å². The first-order valence-corrected chi connectivity index (χ1v) is 3.69. The molecular formula is C7H12O5. The Morgan fingerprint density at radius 3 is 2.92 bits per heavy atom. The monoisotopic (exact) mass is 176 g/mol. The summed E-state index contributed by atoms with van der Waals surface area (Å²) in [5.74, 6) is -0.240. The second-order valence-corrected chi connectivity index (χ2v) is 2.64. The van der Waals surface area contributed by atoms with Crippen LogP contribution in [0.5, 0.6) is 0 Å². The molecule has 0 saturated carbocycles. The van der Waals surface area contributed by atoms with E-state index in [0.29, 0.717) is 0 Å². The molecule has 0 aliphatic carbocycles. The molecular weight excluding hydrogens is 164 g/mol. The molecule has 0 amide bonds. The minimum absolute atomic E-state index is 0.0744. The molecule has 1 fully saturated rings. The van der Waals surface area contributed by atoms with Crippen LogP contribution >= 0.6 is 0 Å². The number of ether oxygens (including phenoxy) is 2. The van der Waals surface area contributed by atoms with Crippen molar-refractivity contribution in [3.8, 4) is 0 Å². The van der Waals surface area contributed by atoms with Crippen LogP contribution in [0.2, 0.25) is 0 Å². The third-order valence-electron chi connectivity index (χ3n) is 1.80. The van der Waals surface area contributed by atoms with Crippen LogP contribution in [0.3, 0.4) is 0 Å². The molecule has 1 heterocycles. The van der Waals surface area contributed by atoms with Gasteiger partial charge >= 0.3 is 0 Å². The van der Waals surface area contributed by atoms with E-state index in [1.807, 2.05) is 0 Å². The molecule has 0 unspecified atom stereocenters. The van der Waals surface area contributed by atoms with Crippen molar-refractivity contribution in [3.63, 3.8) is 0 Å². The van der Waals surface area contributed by atoms with E-state index in [2.05, 4.69) is 0 Å². The van der Waals surface area contributed by atoms with Crippen LogP contribution in [0.15, 0.2) is 0 Å². The Morgan fingerprint density at radius 2 is 2.42 bits per heavy atom. The van der Waals surface area contributed by atoms with Crippen molar-refractivity contribution in [1.82, 2.24) is 0 Å². The lowest BCUT2D eigenvalue weighted by Crippen LogP contribution is -2.48. The summed E-state index contributed by atoms with van der Waals surface area (Å²) >= 11 is 0. The highest BCUT2D eigenvalue weighted by Crippen LogP contribution is 2.16. The van der Waals surface area contributed by atoms with Crippen molar-refractivity contribution in [3.05, 3.63) is 0 Å². The lowest BCUT2D eigenvalue weighted by atomic mass is 10.0. The molecule has 0 aromatic carbocycles. The van der Waals surface area contributed by atoms with Gasteiger partial charge in [0.05, 0.1) is 13.0 Å².